The van der Waals surface area contributed by atoms with Crippen molar-refractivity contribution in [3.63, 3.8) is 0 Å². The van der Waals surface area contributed by atoms with Crippen molar-refractivity contribution < 1.29 is 23.8 Å². The van der Waals surface area contributed by atoms with Gasteiger partial charge in [0.05, 0.1) is 11.8 Å². The molecule has 1 saturated heterocycles. The summed E-state index contributed by atoms with van der Waals surface area (Å²) in [5, 5.41) is 21.1. The largest absolute Gasteiger partial charge is 0.486 e. The van der Waals surface area contributed by atoms with Gasteiger partial charge in [-0.05, 0) is 74.4 Å². The predicted molar refractivity (Wildman–Crippen MR) is 181 cm³/mol. The number of hydrogen-bond acceptors (Lipinski definition) is 10. The lowest BCUT2D eigenvalue weighted by Gasteiger charge is -2.36. The standard InChI is InChI=1S/C36H47N7O5/c1-23-32(48-22-39-23)21-47-29-10-9-25-16-30(37-19-27(25)15-29)31(44)20-38-35(45)26-17-33(40-28-5-3-2-4-6-28)41-34(18-26)42-11-13-43(14-12-42)36(46)24-7-8-24/h9-10,15,17-18,22,24,28,30-31,37,44H,2-8,11-14,16,19-21H2,1H3,(H,38,45)(H,40,41)/t30-,31+/m0/s1. The van der Waals surface area contributed by atoms with Gasteiger partial charge in [0.1, 0.15) is 24.0 Å². The normalized spacial score (nSPS) is 20.6. The van der Waals surface area contributed by atoms with Gasteiger partial charge in [0.25, 0.3) is 5.91 Å². The third kappa shape index (κ3) is 7.76. The molecule has 0 radical (unpaired) electrons. The summed E-state index contributed by atoms with van der Waals surface area (Å²) in [5.74, 6) is 3.15. The fraction of sp³-hybridized carbons (Fsp3) is 0.556. The molecule has 2 atom stereocenters. The van der Waals surface area contributed by atoms with Crippen LogP contribution in [-0.4, -0.2) is 82.7 Å². The first-order chi connectivity index (χ1) is 23.4. The zero-order chi connectivity index (χ0) is 33.0. The Bertz CT molecular complexity index is 1590. The number of nitrogens with zero attached hydrogens (tertiary/aromatic N) is 4. The minimum absolute atomic E-state index is 0.120. The number of pyridine rings is 1. The van der Waals surface area contributed by atoms with Crippen LogP contribution in [0.5, 0.6) is 5.75 Å². The molecule has 4 aliphatic rings. The van der Waals surface area contributed by atoms with E-state index in [4.69, 9.17) is 14.1 Å². The van der Waals surface area contributed by atoms with E-state index in [1.807, 2.05) is 42.2 Å². The summed E-state index contributed by atoms with van der Waals surface area (Å²) in [7, 11) is 0. The first kappa shape index (κ1) is 32.4. The molecular weight excluding hydrogens is 610 g/mol. The third-order valence-electron chi connectivity index (χ3n) is 10.2. The van der Waals surface area contributed by atoms with E-state index in [1.54, 1.807) is 0 Å². The molecule has 0 bridgehead atoms. The second kappa shape index (κ2) is 14.5. The van der Waals surface area contributed by atoms with Crippen LogP contribution in [0.25, 0.3) is 0 Å². The van der Waals surface area contributed by atoms with Crippen LogP contribution in [0.4, 0.5) is 11.6 Å². The van der Waals surface area contributed by atoms with Crippen LogP contribution < -0.4 is 25.6 Å². The van der Waals surface area contributed by atoms with E-state index < -0.39 is 6.10 Å². The van der Waals surface area contributed by atoms with E-state index >= 15 is 0 Å². The SMILES string of the molecule is Cc1ncoc1COc1ccc2c(c1)CN[C@H]([C@H](O)CNC(=O)c1cc(NC3CCCCC3)nc(N3CCN(C(=O)C4CC4)CC3)c1)C2. The lowest BCUT2D eigenvalue weighted by Crippen LogP contribution is -2.49. The fourth-order valence-corrected chi connectivity index (χ4v) is 7.02. The highest BCUT2D eigenvalue weighted by Gasteiger charge is 2.35. The Morgan fingerprint density at radius 3 is 2.62 bits per heavy atom. The number of piperazine rings is 1. The highest BCUT2D eigenvalue weighted by atomic mass is 16.5. The lowest BCUT2D eigenvalue weighted by atomic mass is 9.92. The molecule has 2 amide bonds. The van der Waals surface area contributed by atoms with Gasteiger partial charge in [-0.25, -0.2) is 9.97 Å². The minimum atomic E-state index is -0.773. The van der Waals surface area contributed by atoms with Crippen LogP contribution >= 0.6 is 0 Å². The van der Waals surface area contributed by atoms with Gasteiger partial charge in [0.2, 0.25) is 5.91 Å². The van der Waals surface area contributed by atoms with Gasteiger partial charge >= 0.3 is 0 Å². The molecule has 2 aliphatic heterocycles. The zero-order valence-electron chi connectivity index (χ0n) is 27.7. The lowest BCUT2D eigenvalue weighted by molar-refractivity contribution is -0.132. The summed E-state index contributed by atoms with van der Waals surface area (Å²) in [5.41, 5.74) is 3.59. The Balaban J connectivity index is 0.964. The van der Waals surface area contributed by atoms with Crippen LogP contribution in [0.2, 0.25) is 0 Å². The molecule has 0 unspecified atom stereocenters. The quantitative estimate of drug-likeness (QED) is 0.242. The molecule has 0 spiro atoms. The number of aliphatic hydroxyl groups is 1. The number of anilines is 2. The van der Waals surface area contributed by atoms with Gasteiger partial charge in [-0.3, -0.25) is 9.59 Å². The van der Waals surface area contributed by atoms with Gasteiger partial charge in [0, 0.05) is 62.8 Å². The maximum Gasteiger partial charge on any atom is 0.251 e. The first-order valence-corrected chi connectivity index (χ1v) is 17.5. The highest BCUT2D eigenvalue weighted by molar-refractivity contribution is 5.95. The van der Waals surface area contributed by atoms with Crippen LogP contribution in [0.15, 0.2) is 41.1 Å². The van der Waals surface area contributed by atoms with Crippen LogP contribution in [0.1, 0.15) is 77.9 Å². The summed E-state index contributed by atoms with van der Waals surface area (Å²) >= 11 is 0. The Kier molecular flexibility index (Phi) is 9.81. The Morgan fingerprint density at radius 1 is 1.06 bits per heavy atom. The van der Waals surface area contributed by atoms with Crippen LogP contribution in [-0.2, 0) is 24.4 Å². The number of hydrogen-bond donors (Lipinski definition) is 4. The number of aryl methyl sites for hydroxylation is 1. The van der Waals surface area contributed by atoms with Crippen molar-refractivity contribution in [1.29, 1.82) is 0 Å². The van der Waals surface area contributed by atoms with E-state index in [0.29, 0.717) is 68.9 Å². The Hall–Kier alpha value is -4.16. The number of fused-ring (bicyclic) bond motifs is 1. The fourth-order valence-electron chi connectivity index (χ4n) is 7.02. The van der Waals surface area contributed by atoms with Crippen molar-refractivity contribution >= 4 is 23.5 Å². The van der Waals surface area contributed by atoms with Crippen molar-refractivity contribution in [3.8, 4) is 5.75 Å². The van der Waals surface area contributed by atoms with Gasteiger partial charge in [-0.15, -0.1) is 0 Å². The van der Waals surface area contributed by atoms with E-state index in [2.05, 4.69) is 25.8 Å². The monoisotopic (exact) mass is 657 g/mol. The van der Waals surface area contributed by atoms with Crippen molar-refractivity contribution in [2.45, 2.75) is 89.6 Å². The number of rotatable bonds is 11. The average molecular weight is 658 g/mol. The second-order valence-corrected chi connectivity index (χ2v) is 13.7. The molecule has 12 heteroatoms. The minimum Gasteiger partial charge on any atom is -0.486 e. The maximum absolute atomic E-state index is 13.5. The number of carbonyl (C=O) groups is 2. The first-order valence-electron chi connectivity index (χ1n) is 17.5. The highest BCUT2D eigenvalue weighted by Crippen LogP contribution is 2.32. The summed E-state index contributed by atoms with van der Waals surface area (Å²) < 4.78 is 11.3. The van der Waals surface area contributed by atoms with Crippen molar-refractivity contribution in [2.24, 2.45) is 5.92 Å². The van der Waals surface area contributed by atoms with Gasteiger partial charge < -0.3 is 40.0 Å². The summed E-state index contributed by atoms with van der Waals surface area (Å²) in [6.07, 6.45) is 9.13. The number of carbonyl (C=O) groups excluding carboxylic acids is 2. The van der Waals surface area contributed by atoms with E-state index in [9.17, 15) is 14.7 Å². The number of amides is 2. The number of benzene rings is 1. The smallest absolute Gasteiger partial charge is 0.251 e. The molecule has 256 valence electrons. The Labute approximate surface area is 281 Å². The maximum atomic E-state index is 13.5. The Morgan fingerprint density at radius 2 is 1.88 bits per heavy atom. The van der Waals surface area contributed by atoms with E-state index in [0.717, 1.165) is 54.1 Å². The number of oxazole rings is 1. The molecule has 4 N–H and O–H groups in total. The second-order valence-electron chi connectivity index (χ2n) is 13.7. The molecule has 3 fully saturated rings. The van der Waals surface area contributed by atoms with Gasteiger partial charge in [-0.1, -0.05) is 25.3 Å². The molecule has 2 aliphatic carbocycles. The molecule has 48 heavy (non-hydrogen) atoms. The van der Waals surface area contributed by atoms with E-state index in [1.165, 1.54) is 25.7 Å². The summed E-state index contributed by atoms with van der Waals surface area (Å²) in [4.78, 5) is 39.3. The number of nitrogens with one attached hydrogen (secondary N) is 3. The van der Waals surface area contributed by atoms with Gasteiger partial charge in [0.15, 0.2) is 12.2 Å². The van der Waals surface area contributed by atoms with Crippen LogP contribution in [0.3, 0.4) is 0 Å². The average Bonchev–Trinajstić information content (AvgIpc) is 3.89. The molecule has 4 heterocycles. The molecular formula is C36H47N7O5. The molecule has 12 nitrogen and oxygen atoms in total. The molecule has 1 aromatic carbocycles. The van der Waals surface area contributed by atoms with E-state index in [-0.39, 0.29) is 30.3 Å². The zero-order valence-corrected chi connectivity index (χ0v) is 27.7. The summed E-state index contributed by atoms with van der Waals surface area (Å²) in [6.45, 7) is 5.61. The van der Waals surface area contributed by atoms with Gasteiger partial charge in [-0.2, -0.15) is 0 Å². The number of ether oxygens (including phenoxy) is 1. The van der Waals surface area contributed by atoms with Crippen LogP contribution in [0, 0.1) is 12.8 Å². The number of aliphatic hydroxyl groups excluding tert-OH is 1. The molecule has 7 rings (SSSR count). The summed E-state index contributed by atoms with van der Waals surface area (Å²) in [6, 6.07) is 9.79. The van der Waals surface area contributed by atoms with Crippen molar-refractivity contribution in [2.75, 3.05) is 42.9 Å². The predicted octanol–water partition coefficient (Wildman–Crippen LogP) is 3.57. The molecule has 3 aromatic rings. The van der Waals surface area contributed by atoms with Crippen molar-refractivity contribution in [3.05, 3.63) is 64.9 Å². The van der Waals surface area contributed by atoms with Crippen molar-refractivity contribution in [1.82, 2.24) is 25.5 Å². The number of aromatic nitrogens is 2. The topological polar surface area (TPSA) is 145 Å². The molecule has 2 aromatic heterocycles. The third-order valence-corrected chi connectivity index (χ3v) is 10.2. The molecule has 2 saturated carbocycles.